The van der Waals surface area contributed by atoms with Crippen molar-refractivity contribution < 1.29 is 19.0 Å². The van der Waals surface area contributed by atoms with Gasteiger partial charge in [0.15, 0.2) is 18.1 Å². The van der Waals surface area contributed by atoms with Crippen molar-refractivity contribution in [3.05, 3.63) is 53.9 Å². The molecule has 0 unspecified atom stereocenters. The molecule has 0 bridgehead atoms. The number of nitrogens with one attached hydrogen (secondary N) is 1. The molecule has 1 fully saturated rings. The van der Waals surface area contributed by atoms with Crippen molar-refractivity contribution in [1.29, 1.82) is 5.26 Å². The zero-order valence-corrected chi connectivity index (χ0v) is 17.1. The van der Waals surface area contributed by atoms with Gasteiger partial charge in [-0.15, -0.1) is 0 Å². The van der Waals surface area contributed by atoms with E-state index in [4.69, 9.17) is 19.5 Å². The van der Waals surface area contributed by atoms with Crippen LogP contribution in [0.2, 0.25) is 0 Å². The van der Waals surface area contributed by atoms with E-state index in [9.17, 15) is 4.79 Å². The molecule has 1 aromatic heterocycles. The van der Waals surface area contributed by atoms with Gasteiger partial charge in [-0.05, 0) is 35.9 Å². The van der Waals surface area contributed by atoms with Gasteiger partial charge in [-0.3, -0.25) is 4.79 Å². The quantitative estimate of drug-likeness (QED) is 0.618. The number of nitrogens with zero attached hydrogens (tertiary/aromatic N) is 3. The van der Waals surface area contributed by atoms with Crippen LogP contribution in [0.3, 0.4) is 0 Å². The van der Waals surface area contributed by atoms with E-state index in [2.05, 4.69) is 9.97 Å². The van der Waals surface area contributed by atoms with Gasteiger partial charge >= 0.3 is 0 Å². The third-order valence-corrected chi connectivity index (χ3v) is 4.96. The van der Waals surface area contributed by atoms with Crippen LogP contribution in [0.1, 0.15) is 11.4 Å². The van der Waals surface area contributed by atoms with Crippen molar-refractivity contribution in [2.45, 2.75) is 0 Å². The number of carbonyl (C=O) groups excluding carboxylic acids is 1. The van der Waals surface area contributed by atoms with Crippen LogP contribution < -0.4 is 9.47 Å². The van der Waals surface area contributed by atoms with Crippen molar-refractivity contribution in [3.8, 4) is 17.6 Å². The summed E-state index contributed by atoms with van der Waals surface area (Å²) < 4.78 is 16.2. The van der Waals surface area contributed by atoms with Crippen LogP contribution in [0.5, 0.6) is 11.5 Å². The second-order valence-electron chi connectivity index (χ2n) is 6.92. The molecule has 1 aliphatic rings. The minimum atomic E-state index is -0.119. The lowest BCUT2D eigenvalue weighted by molar-refractivity contribution is -0.128. The number of imidazole rings is 1. The second-order valence-corrected chi connectivity index (χ2v) is 6.92. The zero-order chi connectivity index (χ0) is 21.6. The number of amides is 1. The summed E-state index contributed by atoms with van der Waals surface area (Å²) in [5.41, 5.74) is 2.84. The van der Waals surface area contributed by atoms with E-state index in [1.54, 1.807) is 23.1 Å². The molecule has 1 amide bonds. The summed E-state index contributed by atoms with van der Waals surface area (Å²) in [6.07, 6.45) is 1.78. The molecule has 31 heavy (non-hydrogen) atoms. The number of hydrogen-bond donors (Lipinski definition) is 1. The van der Waals surface area contributed by atoms with Crippen LogP contribution in [0.4, 0.5) is 0 Å². The number of hydrogen-bond acceptors (Lipinski definition) is 6. The zero-order valence-electron chi connectivity index (χ0n) is 17.1. The van der Waals surface area contributed by atoms with Crippen LogP contribution in [0.15, 0.2) is 42.5 Å². The van der Waals surface area contributed by atoms with Crippen molar-refractivity contribution in [2.75, 3.05) is 40.0 Å². The Labute approximate surface area is 179 Å². The molecule has 0 atom stereocenters. The van der Waals surface area contributed by atoms with Crippen LogP contribution in [-0.4, -0.2) is 60.8 Å². The largest absolute Gasteiger partial charge is 0.493 e. The van der Waals surface area contributed by atoms with Crippen LogP contribution in [0, 0.1) is 11.3 Å². The van der Waals surface area contributed by atoms with Gasteiger partial charge in [0, 0.05) is 13.1 Å². The molecule has 2 aromatic carbocycles. The third kappa shape index (κ3) is 4.52. The highest BCUT2D eigenvalue weighted by atomic mass is 16.5. The first-order chi connectivity index (χ1) is 15.2. The highest BCUT2D eigenvalue weighted by Crippen LogP contribution is 2.30. The van der Waals surface area contributed by atoms with Gasteiger partial charge in [0.1, 0.15) is 11.9 Å². The average Bonchev–Trinajstić information content (AvgIpc) is 3.25. The number of ether oxygens (including phenoxy) is 3. The van der Waals surface area contributed by atoms with Gasteiger partial charge in [-0.2, -0.15) is 5.26 Å². The number of fused-ring (bicyclic) bond motifs is 1. The molecule has 4 rings (SSSR count). The fourth-order valence-electron chi connectivity index (χ4n) is 3.42. The predicted octanol–water partition coefficient (Wildman–Crippen LogP) is 2.87. The van der Waals surface area contributed by atoms with Gasteiger partial charge in [-0.1, -0.05) is 18.2 Å². The molecule has 0 aliphatic carbocycles. The minimum Gasteiger partial charge on any atom is -0.493 e. The van der Waals surface area contributed by atoms with Gasteiger partial charge in [0.25, 0.3) is 5.91 Å². The lowest BCUT2D eigenvalue weighted by Crippen LogP contribution is -2.41. The van der Waals surface area contributed by atoms with E-state index in [-0.39, 0.29) is 12.5 Å². The summed E-state index contributed by atoms with van der Waals surface area (Å²) in [5, 5.41) is 8.75. The van der Waals surface area contributed by atoms with Crippen molar-refractivity contribution in [2.24, 2.45) is 0 Å². The van der Waals surface area contributed by atoms with E-state index in [1.807, 2.05) is 36.4 Å². The Bertz CT molecular complexity index is 1120. The van der Waals surface area contributed by atoms with Gasteiger partial charge < -0.3 is 24.1 Å². The Morgan fingerprint density at radius 3 is 2.81 bits per heavy atom. The van der Waals surface area contributed by atoms with E-state index < -0.39 is 0 Å². The van der Waals surface area contributed by atoms with Crippen molar-refractivity contribution in [3.63, 3.8) is 0 Å². The predicted molar refractivity (Wildman–Crippen MR) is 115 cm³/mol. The first kappa shape index (κ1) is 20.4. The maximum Gasteiger partial charge on any atom is 0.257 e. The fourth-order valence-corrected chi connectivity index (χ4v) is 3.42. The molecule has 3 aromatic rings. The molecule has 0 spiro atoms. The Hall–Kier alpha value is -3.83. The van der Waals surface area contributed by atoms with Gasteiger partial charge in [0.05, 0.1) is 36.9 Å². The maximum absolute atomic E-state index is 13.4. The first-order valence-electron chi connectivity index (χ1n) is 9.91. The molecule has 8 nitrogen and oxygen atoms in total. The first-order valence-corrected chi connectivity index (χ1v) is 9.91. The van der Waals surface area contributed by atoms with Crippen molar-refractivity contribution in [1.82, 2.24) is 14.9 Å². The summed E-state index contributed by atoms with van der Waals surface area (Å²) >= 11 is 0. The molecule has 2 heterocycles. The molecule has 1 aliphatic heterocycles. The van der Waals surface area contributed by atoms with E-state index in [1.165, 1.54) is 7.11 Å². The van der Waals surface area contributed by atoms with E-state index in [0.717, 1.165) is 16.6 Å². The normalized spacial score (nSPS) is 14.3. The van der Waals surface area contributed by atoms with Gasteiger partial charge in [0.2, 0.25) is 0 Å². The lowest BCUT2D eigenvalue weighted by atomic mass is 10.1. The summed E-state index contributed by atoms with van der Waals surface area (Å²) in [7, 11) is 1.53. The number of aromatic amines is 1. The summed E-state index contributed by atoms with van der Waals surface area (Å²) in [5.74, 6) is 1.32. The molecule has 8 heteroatoms. The van der Waals surface area contributed by atoms with Crippen LogP contribution >= 0.6 is 0 Å². The fraction of sp³-hybridized carbons (Fsp3) is 0.261. The summed E-state index contributed by atoms with van der Waals surface area (Å²) in [4.78, 5) is 23.0. The van der Waals surface area contributed by atoms with Gasteiger partial charge in [-0.25, -0.2) is 4.98 Å². The van der Waals surface area contributed by atoms with Crippen molar-refractivity contribution >= 4 is 28.6 Å². The highest BCUT2D eigenvalue weighted by molar-refractivity contribution is 6.23. The smallest absolute Gasteiger partial charge is 0.257 e. The summed E-state index contributed by atoms with van der Waals surface area (Å²) in [6.45, 7) is 2.00. The molecular weight excluding hydrogens is 396 g/mol. The molecule has 0 saturated carbocycles. The average molecular weight is 418 g/mol. The SMILES string of the molecule is COc1cc(/C=C(/C(=O)N2CCOCC2)c2nc3ccccc3[nH]2)ccc1OCC#N. The molecule has 0 radical (unpaired) electrons. The minimum absolute atomic E-state index is 0.0781. The standard InChI is InChI=1S/C23H22N4O4/c1-29-21-15-16(6-7-20(21)31-11-8-24)14-17(23(28)27-9-12-30-13-10-27)22-25-18-4-2-3-5-19(18)26-22/h2-7,14-15H,9-13H2,1H3,(H,25,26)/b17-14+. The number of rotatable bonds is 6. The number of H-pyrrole nitrogens is 1. The third-order valence-electron chi connectivity index (χ3n) is 4.96. The number of methoxy groups -OCH3 is 1. The molecule has 1 N–H and O–H groups in total. The monoisotopic (exact) mass is 418 g/mol. The molecule has 1 saturated heterocycles. The van der Waals surface area contributed by atoms with Crippen LogP contribution in [0.25, 0.3) is 22.7 Å². The number of morpholine rings is 1. The Kier molecular flexibility index (Phi) is 6.15. The van der Waals surface area contributed by atoms with E-state index >= 15 is 0 Å². The molecule has 158 valence electrons. The number of aromatic nitrogens is 2. The Morgan fingerprint density at radius 2 is 2.06 bits per heavy atom. The van der Waals surface area contributed by atoms with E-state index in [0.29, 0.717) is 49.2 Å². The Balaban J connectivity index is 1.75. The number of carbonyl (C=O) groups is 1. The number of nitriles is 1. The maximum atomic E-state index is 13.4. The topological polar surface area (TPSA) is 100 Å². The lowest BCUT2D eigenvalue weighted by Gasteiger charge is -2.27. The number of para-hydroxylation sites is 2. The molecular formula is C23H22N4O4. The second kappa shape index (κ2) is 9.32. The highest BCUT2D eigenvalue weighted by Gasteiger charge is 2.24. The van der Waals surface area contributed by atoms with Crippen LogP contribution in [-0.2, 0) is 9.53 Å². The summed E-state index contributed by atoms with van der Waals surface area (Å²) in [6, 6.07) is 14.9. The number of benzene rings is 2. The Morgan fingerprint density at radius 1 is 1.26 bits per heavy atom.